The smallest absolute Gasteiger partial charge is 0.279 e. The molecule has 0 saturated carbocycles. The highest BCUT2D eigenvalue weighted by atomic mass is 16.2. The number of carbonyl (C=O) groups is 1. The summed E-state index contributed by atoms with van der Waals surface area (Å²) in [5.41, 5.74) is 13.0. The molecular weight excluding hydrogens is 206 g/mol. The molecule has 2 aromatic rings. The highest BCUT2D eigenvalue weighted by Crippen LogP contribution is 2.13. The van der Waals surface area contributed by atoms with Crippen LogP contribution in [0.1, 0.15) is 15.9 Å². The Bertz CT molecular complexity index is 546. The highest BCUT2D eigenvalue weighted by Gasteiger charge is 2.10. The summed E-state index contributed by atoms with van der Waals surface area (Å²) in [5, 5.41) is 3.74. The maximum atomic E-state index is 11.9. The molecule has 82 valence electrons. The van der Waals surface area contributed by atoms with Gasteiger partial charge in [0.1, 0.15) is 6.33 Å². The van der Waals surface area contributed by atoms with Gasteiger partial charge < -0.3 is 11.5 Å². The number of aromatic nitrogens is 3. The quantitative estimate of drug-likeness (QED) is 0.675. The lowest BCUT2D eigenvalue weighted by Crippen LogP contribution is -2.13. The van der Waals surface area contributed by atoms with Gasteiger partial charge in [0.2, 0.25) is 5.95 Å². The first kappa shape index (κ1) is 10.2. The van der Waals surface area contributed by atoms with Gasteiger partial charge in [-0.1, -0.05) is 0 Å². The number of anilines is 2. The van der Waals surface area contributed by atoms with Crippen molar-refractivity contribution in [2.45, 2.75) is 6.92 Å². The molecule has 6 heteroatoms. The predicted molar refractivity (Wildman–Crippen MR) is 59.8 cm³/mol. The normalized spacial score (nSPS) is 10.3. The molecule has 0 aliphatic heterocycles. The van der Waals surface area contributed by atoms with Gasteiger partial charge in [-0.2, -0.15) is 4.68 Å². The van der Waals surface area contributed by atoms with Gasteiger partial charge in [0, 0.05) is 11.3 Å². The molecule has 0 fully saturated rings. The maximum absolute atomic E-state index is 11.9. The van der Waals surface area contributed by atoms with Crippen molar-refractivity contribution in [2.24, 2.45) is 0 Å². The topological polar surface area (TPSA) is 99.8 Å². The summed E-state index contributed by atoms with van der Waals surface area (Å²) in [6, 6.07) is 5.03. The molecule has 4 N–H and O–H groups in total. The molecule has 0 aliphatic carbocycles. The standard InChI is InChI=1S/C10H11N5O/c1-6-4-7(2-3-8(6)11)9(16)15-5-13-10(12)14-15/h2-5H,11H2,1H3,(H2,12,14). The van der Waals surface area contributed by atoms with Crippen LogP contribution >= 0.6 is 0 Å². The zero-order valence-corrected chi connectivity index (χ0v) is 8.71. The Morgan fingerprint density at radius 2 is 2.12 bits per heavy atom. The fraction of sp³-hybridized carbons (Fsp3) is 0.100. The fourth-order valence-electron chi connectivity index (χ4n) is 1.31. The van der Waals surface area contributed by atoms with Crippen molar-refractivity contribution in [1.29, 1.82) is 0 Å². The Balaban J connectivity index is 2.38. The first-order valence-corrected chi connectivity index (χ1v) is 4.66. The number of benzene rings is 1. The Morgan fingerprint density at radius 3 is 2.69 bits per heavy atom. The molecule has 0 unspecified atom stereocenters. The third-order valence-electron chi connectivity index (χ3n) is 2.23. The second-order valence-electron chi connectivity index (χ2n) is 3.42. The predicted octanol–water partition coefficient (Wildman–Crippen LogP) is 0.439. The van der Waals surface area contributed by atoms with Gasteiger partial charge in [0.15, 0.2) is 0 Å². The molecule has 1 aromatic heterocycles. The maximum Gasteiger partial charge on any atom is 0.279 e. The largest absolute Gasteiger partial charge is 0.399 e. The van der Waals surface area contributed by atoms with Gasteiger partial charge in [-0.05, 0) is 30.7 Å². The van der Waals surface area contributed by atoms with E-state index in [1.54, 1.807) is 18.2 Å². The Labute approximate surface area is 91.9 Å². The van der Waals surface area contributed by atoms with E-state index in [1.807, 2.05) is 6.92 Å². The van der Waals surface area contributed by atoms with Crippen LogP contribution in [0.2, 0.25) is 0 Å². The fourth-order valence-corrected chi connectivity index (χ4v) is 1.31. The van der Waals surface area contributed by atoms with E-state index in [0.29, 0.717) is 11.3 Å². The molecule has 0 spiro atoms. The molecular formula is C10H11N5O. The van der Waals surface area contributed by atoms with Gasteiger partial charge in [-0.15, -0.1) is 5.10 Å². The molecule has 0 saturated heterocycles. The molecule has 6 nitrogen and oxygen atoms in total. The van der Waals surface area contributed by atoms with Crippen molar-refractivity contribution in [3.8, 4) is 0 Å². The highest BCUT2D eigenvalue weighted by molar-refractivity contribution is 5.95. The number of nitrogens with two attached hydrogens (primary N) is 2. The van der Waals surface area contributed by atoms with Crippen LogP contribution in [-0.4, -0.2) is 20.7 Å². The zero-order valence-electron chi connectivity index (χ0n) is 8.71. The second kappa shape index (κ2) is 3.65. The van der Waals surface area contributed by atoms with Gasteiger partial charge in [-0.25, -0.2) is 4.98 Å². The number of rotatable bonds is 1. The van der Waals surface area contributed by atoms with Crippen LogP contribution < -0.4 is 11.5 Å². The van der Waals surface area contributed by atoms with Crippen LogP contribution in [0.4, 0.5) is 11.6 Å². The molecule has 2 rings (SSSR count). The zero-order chi connectivity index (χ0) is 11.7. The summed E-state index contributed by atoms with van der Waals surface area (Å²) >= 11 is 0. The van der Waals surface area contributed by atoms with E-state index in [-0.39, 0.29) is 11.9 Å². The van der Waals surface area contributed by atoms with Crippen LogP contribution in [-0.2, 0) is 0 Å². The lowest BCUT2D eigenvalue weighted by molar-refractivity contribution is 0.0945. The van der Waals surface area contributed by atoms with E-state index in [9.17, 15) is 4.79 Å². The number of carbonyl (C=O) groups excluding carboxylic acids is 1. The lowest BCUT2D eigenvalue weighted by Gasteiger charge is -2.03. The van der Waals surface area contributed by atoms with Crippen LogP contribution in [0.3, 0.4) is 0 Å². The molecule has 0 bridgehead atoms. The minimum Gasteiger partial charge on any atom is -0.399 e. The molecule has 1 aromatic carbocycles. The van der Waals surface area contributed by atoms with Crippen LogP contribution in [0, 0.1) is 6.92 Å². The lowest BCUT2D eigenvalue weighted by atomic mass is 10.1. The molecule has 0 amide bonds. The third-order valence-corrected chi connectivity index (χ3v) is 2.23. The average Bonchev–Trinajstić information content (AvgIpc) is 2.68. The van der Waals surface area contributed by atoms with E-state index in [2.05, 4.69) is 10.1 Å². The van der Waals surface area contributed by atoms with E-state index in [4.69, 9.17) is 11.5 Å². The minimum absolute atomic E-state index is 0.0699. The minimum atomic E-state index is -0.285. The Hall–Kier alpha value is -2.37. The number of nitrogens with zero attached hydrogens (tertiary/aromatic N) is 3. The Morgan fingerprint density at radius 1 is 1.38 bits per heavy atom. The molecule has 16 heavy (non-hydrogen) atoms. The van der Waals surface area contributed by atoms with Gasteiger partial charge in [0.05, 0.1) is 0 Å². The monoisotopic (exact) mass is 217 g/mol. The summed E-state index contributed by atoms with van der Waals surface area (Å²) in [4.78, 5) is 15.6. The van der Waals surface area contributed by atoms with E-state index in [1.165, 1.54) is 6.33 Å². The van der Waals surface area contributed by atoms with Crippen LogP contribution in [0.15, 0.2) is 24.5 Å². The summed E-state index contributed by atoms with van der Waals surface area (Å²) < 4.78 is 1.10. The van der Waals surface area contributed by atoms with Crippen molar-refractivity contribution in [2.75, 3.05) is 11.5 Å². The van der Waals surface area contributed by atoms with Crippen molar-refractivity contribution >= 4 is 17.5 Å². The van der Waals surface area contributed by atoms with Crippen LogP contribution in [0.5, 0.6) is 0 Å². The summed E-state index contributed by atoms with van der Waals surface area (Å²) in [6.07, 6.45) is 1.28. The Kier molecular flexibility index (Phi) is 2.32. The van der Waals surface area contributed by atoms with Crippen molar-refractivity contribution in [1.82, 2.24) is 14.8 Å². The van der Waals surface area contributed by atoms with Crippen molar-refractivity contribution in [3.63, 3.8) is 0 Å². The first-order valence-electron chi connectivity index (χ1n) is 4.66. The number of nitrogen functional groups attached to an aromatic ring is 2. The molecule has 0 radical (unpaired) electrons. The summed E-state index contributed by atoms with van der Waals surface area (Å²) in [5.74, 6) is -0.215. The van der Waals surface area contributed by atoms with E-state index in [0.717, 1.165) is 10.2 Å². The first-order chi connectivity index (χ1) is 7.58. The second-order valence-corrected chi connectivity index (χ2v) is 3.42. The SMILES string of the molecule is Cc1cc(C(=O)n2cnc(N)n2)ccc1N. The van der Waals surface area contributed by atoms with E-state index < -0.39 is 0 Å². The average molecular weight is 217 g/mol. The molecule has 0 aliphatic rings. The summed E-state index contributed by atoms with van der Waals surface area (Å²) in [7, 11) is 0. The molecule has 0 atom stereocenters. The number of hydrogen-bond acceptors (Lipinski definition) is 5. The van der Waals surface area contributed by atoms with Crippen molar-refractivity contribution < 1.29 is 4.79 Å². The number of aryl methyl sites for hydroxylation is 1. The van der Waals surface area contributed by atoms with Gasteiger partial charge >= 0.3 is 0 Å². The van der Waals surface area contributed by atoms with Crippen molar-refractivity contribution in [3.05, 3.63) is 35.7 Å². The van der Waals surface area contributed by atoms with Gasteiger partial charge in [0.25, 0.3) is 5.91 Å². The summed E-state index contributed by atoms with van der Waals surface area (Å²) in [6.45, 7) is 1.84. The third kappa shape index (κ3) is 1.72. The van der Waals surface area contributed by atoms with Gasteiger partial charge in [-0.3, -0.25) is 4.79 Å². The molecule has 1 heterocycles. The number of hydrogen-bond donors (Lipinski definition) is 2. The van der Waals surface area contributed by atoms with Crippen LogP contribution in [0.25, 0.3) is 0 Å². The van der Waals surface area contributed by atoms with E-state index >= 15 is 0 Å².